The molecule has 1 amide bonds. The van der Waals surface area contributed by atoms with Crippen LogP contribution in [-0.4, -0.2) is 43.4 Å². The van der Waals surface area contributed by atoms with Gasteiger partial charge >= 0.3 is 0 Å². The number of hydrogen-bond acceptors (Lipinski definition) is 5. The molecule has 0 bridgehead atoms. The maximum absolute atomic E-state index is 12.9. The van der Waals surface area contributed by atoms with Crippen LogP contribution in [0.4, 0.5) is 4.79 Å². The fraction of sp³-hybridized carbons (Fsp3) is 0.692. The summed E-state index contributed by atoms with van der Waals surface area (Å²) in [6, 6.07) is 9.70. The van der Waals surface area contributed by atoms with Gasteiger partial charge in [0.05, 0.1) is 5.69 Å². The van der Waals surface area contributed by atoms with Gasteiger partial charge in [-0.25, -0.2) is 0 Å². The maximum atomic E-state index is 12.9. The van der Waals surface area contributed by atoms with E-state index in [9.17, 15) is 4.79 Å². The molecule has 0 spiro atoms. The largest absolute Gasteiger partial charge is 0.333 e. The van der Waals surface area contributed by atoms with Gasteiger partial charge in [-0.3, -0.25) is 4.79 Å². The van der Waals surface area contributed by atoms with Crippen molar-refractivity contribution in [2.75, 3.05) is 13.1 Å². The lowest BCUT2D eigenvalue weighted by molar-refractivity contribution is 0.131. The fourth-order valence-electron chi connectivity index (χ4n) is 4.63. The molecule has 1 fully saturated rings. The van der Waals surface area contributed by atoms with E-state index in [0.717, 1.165) is 43.4 Å². The van der Waals surface area contributed by atoms with Crippen LogP contribution in [0.1, 0.15) is 97.3 Å². The molecule has 0 N–H and O–H groups in total. The summed E-state index contributed by atoms with van der Waals surface area (Å²) in [7, 11) is 0. The van der Waals surface area contributed by atoms with Crippen LogP contribution in [0.2, 0.25) is 0 Å². The zero-order chi connectivity index (χ0) is 23.4. The number of para-hydroxylation sites is 1. The normalized spacial score (nSPS) is 15.6. The van der Waals surface area contributed by atoms with E-state index in [1.165, 1.54) is 70.6 Å². The number of hydrogen-bond donors (Lipinski definition) is 0. The van der Waals surface area contributed by atoms with Crippen LogP contribution in [-0.2, 0) is 0 Å². The monoisotopic (exact) mass is 471 g/mol. The van der Waals surface area contributed by atoms with Crippen LogP contribution >= 0.6 is 11.8 Å². The van der Waals surface area contributed by atoms with Crippen molar-refractivity contribution in [2.24, 2.45) is 5.41 Å². The molecule has 0 unspecified atom stereocenters. The Balaban J connectivity index is 1.32. The van der Waals surface area contributed by atoms with Crippen molar-refractivity contribution in [1.29, 1.82) is 0 Å². The van der Waals surface area contributed by atoms with Crippen LogP contribution < -0.4 is 0 Å². The van der Waals surface area contributed by atoms with Gasteiger partial charge in [0, 0.05) is 24.9 Å². The highest BCUT2D eigenvalue weighted by atomic mass is 32.2. The summed E-state index contributed by atoms with van der Waals surface area (Å²) in [6.07, 6.45) is 17.3. The van der Waals surface area contributed by atoms with E-state index in [1.807, 2.05) is 35.2 Å². The number of thioether (sulfide) groups is 1. The Labute approximate surface area is 203 Å². The van der Waals surface area contributed by atoms with E-state index in [-0.39, 0.29) is 5.24 Å². The molecule has 2 heterocycles. The molecule has 1 saturated heterocycles. The van der Waals surface area contributed by atoms with Gasteiger partial charge in [0.15, 0.2) is 0 Å². The zero-order valence-corrected chi connectivity index (χ0v) is 21.4. The molecule has 0 aliphatic carbocycles. The topological polar surface area (TPSA) is 63.9 Å². The lowest BCUT2D eigenvalue weighted by atomic mass is 9.76. The second kappa shape index (κ2) is 13.7. The molecule has 3 rings (SSSR count). The SMILES string of the molecule is CCCCCCCCCCCCC1(C)CCN(C(=O)Sc2nnnn2-c2ccccc2)CC1. The van der Waals surface area contributed by atoms with Gasteiger partial charge in [0.2, 0.25) is 5.16 Å². The number of benzene rings is 1. The smallest absolute Gasteiger partial charge is 0.289 e. The van der Waals surface area contributed by atoms with Crippen molar-refractivity contribution in [1.82, 2.24) is 25.1 Å². The number of carbonyl (C=O) groups excluding carboxylic acids is 1. The first-order valence-electron chi connectivity index (χ1n) is 12.9. The van der Waals surface area contributed by atoms with E-state index in [1.54, 1.807) is 4.68 Å². The highest BCUT2D eigenvalue weighted by molar-refractivity contribution is 8.13. The fourth-order valence-corrected chi connectivity index (χ4v) is 5.41. The molecule has 182 valence electrons. The second-order valence-corrected chi connectivity index (χ2v) is 10.7. The number of unbranched alkanes of at least 4 members (excludes halogenated alkanes) is 9. The van der Waals surface area contributed by atoms with Gasteiger partial charge < -0.3 is 4.90 Å². The standard InChI is InChI=1S/C26H41N5OS/c1-3-4-5-6-7-8-9-10-11-15-18-26(2)19-21-30(22-20-26)25(32)33-24-27-28-29-31(24)23-16-13-12-14-17-23/h12-14,16-17H,3-11,15,18-22H2,1-2H3. The first kappa shape index (κ1) is 25.7. The number of carbonyl (C=O) groups is 1. The molecule has 2 aromatic rings. The van der Waals surface area contributed by atoms with Crippen molar-refractivity contribution in [2.45, 2.75) is 102 Å². The molecule has 1 aromatic carbocycles. The number of rotatable bonds is 13. The van der Waals surface area contributed by atoms with Gasteiger partial charge in [-0.05, 0) is 47.2 Å². The van der Waals surface area contributed by atoms with E-state index >= 15 is 0 Å². The highest BCUT2D eigenvalue weighted by Crippen LogP contribution is 2.37. The number of nitrogens with zero attached hydrogens (tertiary/aromatic N) is 5. The van der Waals surface area contributed by atoms with E-state index < -0.39 is 0 Å². The summed E-state index contributed by atoms with van der Waals surface area (Å²) >= 11 is 1.13. The third-order valence-corrected chi connectivity index (χ3v) is 7.85. The number of likely N-dealkylation sites (tertiary alicyclic amines) is 1. The van der Waals surface area contributed by atoms with Crippen molar-refractivity contribution >= 4 is 17.0 Å². The van der Waals surface area contributed by atoms with Crippen molar-refractivity contribution in [3.8, 4) is 5.69 Å². The molecular formula is C26H41N5OS. The molecule has 0 radical (unpaired) electrons. The first-order chi connectivity index (χ1) is 16.1. The lowest BCUT2D eigenvalue weighted by Gasteiger charge is -2.39. The third kappa shape index (κ3) is 8.43. The maximum Gasteiger partial charge on any atom is 0.289 e. The van der Waals surface area contributed by atoms with Crippen molar-refractivity contribution in [3.05, 3.63) is 30.3 Å². The number of tetrazole rings is 1. The molecule has 1 aliphatic rings. The Morgan fingerprint density at radius 1 is 0.939 bits per heavy atom. The Bertz CT molecular complexity index is 817. The zero-order valence-electron chi connectivity index (χ0n) is 20.5. The van der Waals surface area contributed by atoms with Gasteiger partial charge in [-0.2, -0.15) is 4.68 Å². The van der Waals surface area contributed by atoms with Crippen LogP contribution in [0.15, 0.2) is 35.5 Å². The molecule has 7 heteroatoms. The Hall–Kier alpha value is -1.89. The van der Waals surface area contributed by atoms with Crippen LogP contribution in [0.5, 0.6) is 0 Å². The predicted molar refractivity (Wildman–Crippen MR) is 136 cm³/mol. The molecule has 0 saturated carbocycles. The molecule has 1 aliphatic heterocycles. The average Bonchev–Trinajstić information content (AvgIpc) is 3.29. The molecule has 33 heavy (non-hydrogen) atoms. The highest BCUT2D eigenvalue weighted by Gasteiger charge is 2.32. The Morgan fingerprint density at radius 2 is 1.55 bits per heavy atom. The van der Waals surface area contributed by atoms with E-state index in [2.05, 4.69) is 29.4 Å². The first-order valence-corrected chi connectivity index (χ1v) is 13.7. The predicted octanol–water partition coefficient (Wildman–Crippen LogP) is 7.29. The number of piperidine rings is 1. The number of aromatic nitrogens is 4. The summed E-state index contributed by atoms with van der Waals surface area (Å²) in [4.78, 5) is 14.9. The Kier molecular flexibility index (Phi) is 10.7. The molecule has 0 atom stereocenters. The van der Waals surface area contributed by atoms with Gasteiger partial charge in [-0.1, -0.05) is 96.3 Å². The molecule has 1 aromatic heterocycles. The minimum absolute atomic E-state index is 0.0444. The minimum Gasteiger partial charge on any atom is -0.333 e. The average molecular weight is 472 g/mol. The summed E-state index contributed by atoms with van der Waals surface area (Å²) in [5.74, 6) is 0. The van der Waals surface area contributed by atoms with Gasteiger partial charge in [0.25, 0.3) is 5.24 Å². The minimum atomic E-state index is 0.0444. The number of amides is 1. The lowest BCUT2D eigenvalue weighted by Crippen LogP contribution is -2.40. The van der Waals surface area contributed by atoms with E-state index in [0.29, 0.717) is 10.6 Å². The third-order valence-electron chi connectivity index (χ3n) is 6.98. The van der Waals surface area contributed by atoms with Gasteiger partial charge in [0.1, 0.15) is 0 Å². The van der Waals surface area contributed by atoms with Crippen LogP contribution in [0, 0.1) is 5.41 Å². The summed E-state index contributed by atoms with van der Waals surface area (Å²) in [5, 5.41) is 12.4. The second-order valence-electron chi connectivity index (χ2n) is 9.81. The van der Waals surface area contributed by atoms with Crippen molar-refractivity contribution in [3.63, 3.8) is 0 Å². The van der Waals surface area contributed by atoms with Crippen molar-refractivity contribution < 1.29 is 4.79 Å². The molecular weight excluding hydrogens is 430 g/mol. The summed E-state index contributed by atoms with van der Waals surface area (Å²) < 4.78 is 1.63. The molecule has 6 nitrogen and oxygen atoms in total. The summed E-state index contributed by atoms with van der Waals surface area (Å²) in [6.45, 7) is 6.34. The Morgan fingerprint density at radius 3 is 2.18 bits per heavy atom. The van der Waals surface area contributed by atoms with Crippen LogP contribution in [0.3, 0.4) is 0 Å². The quantitative estimate of drug-likeness (QED) is 0.227. The van der Waals surface area contributed by atoms with E-state index in [4.69, 9.17) is 0 Å². The van der Waals surface area contributed by atoms with Crippen LogP contribution in [0.25, 0.3) is 5.69 Å². The summed E-state index contributed by atoms with van der Waals surface area (Å²) in [5.41, 5.74) is 1.23. The van der Waals surface area contributed by atoms with Gasteiger partial charge in [-0.15, -0.1) is 5.10 Å².